The smallest absolute Gasteiger partial charge is 0.419 e. The van der Waals surface area contributed by atoms with E-state index in [0.717, 1.165) is 11.3 Å². The highest BCUT2D eigenvalue weighted by Crippen LogP contribution is 2.34. The zero-order valence-electron chi connectivity index (χ0n) is 18.1. The Morgan fingerprint density at radius 2 is 1.66 bits per heavy atom. The van der Waals surface area contributed by atoms with Crippen LogP contribution in [-0.4, -0.2) is 32.3 Å². The van der Waals surface area contributed by atoms with Gasteiger partial charge in [-0.1, -0.05) is 41.4 Å². The first-order valence-corrected chi connectivity index (χ1v) is 10.4. The fourth-order valence-corrected chi connectivity index (χ4v) is 3.53. The maximum absolute atomic E-state index is 13.0. The summed E-state index contributed by atoms with van der Waals surface area (Å²) in [5.41, 5.74) is 2.70. The molecule has 1 amide bonds. The maximum atomic E-state index is 13.0. The van der Waals surface area contributed by atoms with E-state index in [1.807, 2.05) is 31.2 Å². The van der Waals surface area contributed by atoms with Gasteiger partial charge in [-0.25, -0.2) is 4.79 Å². The number of hydrogen-bond donors (Lipinski definition) is 0. The fourth-order valence-electron chi connectivity index (χ4n) is 3.05. The molecule has 0 N–H and O–H groups in total. The Hall–Kier alpha value is -3.22. The second kappa shape index (κ2) is 10.4. The summed E-state index contributed by atoms with van der Waals surface area (Å²) in [7, 11) is 4.71. The molecule has 0 aliphatic carbocycles. The molecule has 0 spiro atoms. The van der Waals surface area contributed by atoms with E-state index in [4.69, 9.17) is 37.4 Å². The van der Waals surface area contributed by atoms with Crippen LogP contribution in [-0.2, 0) is 4.74 Å². The molecule has 3 aromatic rings. The number of carbonyl (C=O) groups excluding carboxylic acids is 1. The van der Waals surface area contributed by atoms with Gasteiger partial charge in [0.05, 0.1) is 24.3 Å². The molecule has 1 aromatic heterocycles. The van der Waals surface area contributed by atoms with Crippen molar-refractivity contribution in [2.24, 2.45) is 0 Å². The van der Waals surface area contributed by atoms with Crippen LogP contribution in [0.4, 0.5) is 10.5 Å². The zero-order valence-corrected chi connectivity index (χ0v) is 19.6. The summed E-state index contributed by atoms with van der Waals surface area (Å²) in [5, 5.41) is 0.637. The number of nitrogens with zero attached hydrogens (tertiary/aromatic N) is 2. The van der Waals surface area contributed by atoms with Gasteiger partial charge in [-0.2, -0.15) is 0 Å². The first-order chi connectivity index (χ1) is 15.3. The van der Waals surface area contributed by atoms with Crippen LogP contribution in [0.2, 0.25) is 10.0 Å². The van der Waals surface area contributed by atoms with E-state index in [0.29, 0.717) is 32.7 Å². The Kier molecular flexibility index (Phi) is 7.62. The Morgan fingerprint density at radius 3 is 2.28 bits per heavy atom. The van der Waals surface area contributed by atoms with Gasteiger partial charge in [0.2, 0.25) is 0 Å². The molecule has 2 aromatic carbocycles. The molecular weight excluding hydrogens is 451 g/mol. The summed E-state index contributed by atoms with van der Waals surface area (Å²) in [5.74, 6) is 1.25. The van der Waals surface area contributed by atoms with Gasteiger partial charge in [0.25, 0.3) is 0 Å². The van der Waals surface area contributed by atoms with Gasteiger partial charge in [-0.15, -0.1) is 0 Å². The average molecular weight is 473 g/mol. The monoisotopic (exact) mass is 472 g/mol. The first-order valence-electron chi connectivity index (χ1n) is 9.60. The minimum Gasteiger partial charge on any atom is -0.493 e. The maximum Gasteiger partial charge on any atom is 0.419 e. The van der Waals surface area contributed by atoms with Gasteiger partial charge in [0.1, 0.15) is 5.76 Å². The normalized spacial score (nSPS) is 11.1. The lowest BCUT2D eigenvalue weighted by Crippen LogP contribution is -2.27. The first kappa shape index (κ1) is 23.4. The van der Waals surface area contributed by atoms with Crippen molar-refractivity contribution in [2.45, 2.75) is 6.92 Å². The largest absolute Gasteiger partial charge is 0.493 e. The molecule has 0 atom stereocenters. The van der Waals surface area contributed by atoms with Crippen LogP contribution in [0.1, 0.15) is 16.7 Å². The predicted molar refractivity (Wildman–Crippen MR) is 128 cm³/mol. The molecule has 166 valence electrons. The molecule has 0 aliphatic heterocycles. The lowest BCUT2D eigenvalue weighted by atomic mass is 10.1. The number of methoxy groups -OCH3 is 2. The van der Waals surface area contributed by atoms with Crippen molar-refractivity contribution < 1.29 is 19.0 Å². The highest BCUT2D eigenvalue weighted by atomic mass is 35.5. The van der Waals surface area contributed by atoms with E-state index in [9.17, 15) is 4.79 Å². The van der Waals surface area contributed by atoms with Crippen LogP contribution < -0.4 is 14.4 Å². The number of carbonyl (C=O) groups is 1. The second-order valence-corrected chi connectivity index (χ2v) is 7.62. The molecule has 0 saturated heterocycles. The van der Waals surface area contributed by atoms with E-state index in [2.05, 4.69) is 4.98 Å². The number of halogens is 2. The summed E-state index contributed by atoms with van der Waals surface area (Å²) in [6.45, 7) is 1.92. The summed E-state index contributed by atoms with van der Waals surface area (Å²) >= 11 is 12.6. The third-order valence-electron chi connectivity index (χ3n) is 4.78. The van der Waals surface area contributed by atoms with Crippen molar-refractivity contribution in [2.75, 3.05) is 26.2 Å². The van der Waals surface area contributed by atoms with Gasteiger partial charge in [0, 0.05) is 36.3 Å². The van der Waals surface area contributed by atoms with Gasteiger partial charge >= 0.3 is 6.09 Å². The summed E-state index contributed by atoms with van der Waals surface area (Å²) in [6, 6.07) is 12.7. The molecule has 1 heterocycles. The van der Waals surface area contributed by atoms with E-state index in [-0.39, 0.29) is 5.76 Å². The number of benzene rings is 2. The standard InChI is InChI=1S/C24H22Cl2N2O4/c1-15-7-5-6-8-20(15)28(2)24(29)32-22(12-17-18(25)13-27-14-19(17)26)16-9-10-21(30-3)23(11-16)31-4/h5-14H,1-4H3. The molecule has 0 unspecified atom stereocenters. The number of aromatic nitrogens is 1. The van der Waals surface area contributed by atoms with Crippen LogP contribution in [0.3, 0.4) is 0 Å². The van der Waals surface area contributed by atoms with Crippen molar-refractivity contribution in [3.63, 3.8) is 0 Å². The molecule has 3 rings (SSSR count). The number of ether oxygens (including phenoxy) is 3. The molecule has 0 bridgehead atoms. The fraction of sp³-hybridized carbons (Fsp3) is 0.167. The van der Waals surface area contributed by atoms with Crippen LogP contribution in [0, 0.1) is 6.92 Å². The van der Waals surface area contributed by atoms with Crippen LogP contribution in [0.5, 0.6) is 11.5 Å². The van der Waals surface area contributed by atoms with Crippen molar-refractivity contribution in [3.8, 4) is 11.5 Å². The number of amides is 1. The Labute approximate surface area is 196 Å². The van der Waals surface area contributed by atoms with Crippen LogP contribution >= 0.6 is 23.2 Å². The molecule has 0 aliphatic rings. The molecule has 0 radical (unpaired) electrons. The van der Waals surface area contributed by atoms with E-state index in [1.54, 1.807) is 38.4 Å². The highest BCUT2D eigenvalue weighted by Gasteiger charge is 2.19. The van der Waals surface area contributed by atoms with Gasteiger partial charge in [0.15, 0.2) is 11.5 Å². The van der Waals surface area contributed by atoms with Crippen molar-refractivity contribution in [1.29, 1.82) is 0 Å². The minimum atomic E-state index is -0.582. The molecule has 0 fully saturated rings. The minimum absolute atomic E-state index is 0.228. The third kappa shape index (κ3) is 5.15. The lowest BCUT2D eigenvalue weighted by Gasteiger charge is -2.20. The van der Waals surface area contributed by atoms with Crippen LogP contribution in [0.15, 0.2) is 54.9 Å². The quantitative estimate of drug-likeness (QED) is 0.383. The molecule has 6 nitrogen and oxygen atoms in total. The Morgan fingerprint density at radius 1 is 1.00 bits per heavy atom. The van der Waals surface area contributed by atoms with Gasteiger partial charge in [-0.05, 0) is 42.8 Å². The Balaban J connectivity index is 2.06. The van der Waals surface area contributed by atoms with E-state index in [1.165, 1.54) is 24.4 Å². The number of rotatable bonds is 6. The number of anilines is 1. The number of para-hydroxylation sites is 1. The summed E-state index contributed by atoms with van der Waals surface area (Å²) in [4.78, 5) is 18.4. The number of pyridine rings is 1. The van der Waals surface area contributed by atoms with Crippen molar-refractivity contribution in [1.82, 2.24) is 4.98 Å². The SMILES string of the molecule is COc1ccc(C(=Cc2c(Cl)cncc2Cl)OC(=O)N(C)c2ccccc2C)cc1OC. The summed E-state index contributed by atoms with van der Waals surface area (Å²) in [6.07, 6.45) is 3.94. The molecule has 32 heavy (non-hydrogen) atoms. The van der Waals surface area contributed by atoms with Gasteiger partial charge in [-0.3, -0.25) is 9.88 Å². The third-order valence-corrected chi connectivity index (χ3v) is 5.38. The van der Waals surface area contributed by atoms with Crippen molar-refractivity contribution >= 4 is 46.8 Å². The number of aryl methyl sites for hydroxylation is 1. The predicted octanol–water partition coefficient (Wildman–Crippen LogP) is 6.49. The lowest BCUT2D eigenvalue weighted by molar-refractivity contribution is 0.201. The average Bonchev–Trinajstić information content (AvgIpc) is 2.80. The topological polar surface area (TPSA) is 60.9 Å². The zero-order chi connectivity index (χ0) is 23.3. The second-order valence-electron chi connectivity index (χ2n) is 6.81. The summed E-state index contributed by atoms with van der Waals surface area (Å²) < 4.78 is 16.5. The molecule has 8 heteroatoms. The molecule has 0 saturated carbocycles. The number of hydrogen-bond acceptors (Lipinski definition) is 5. The highest BCUT2D eigenvalue weighted by molar-refractivity contribution is 6.37. The Bertz CT molecular complexity index is 1140. The molecular formula is C24H22Cl2N2O4. The van der Waals surface area contributed by atoms with Gasteiger partial charge < -0.3 is 14.2 Å². The van der Waals surface area contributed by atoms with E-state index < -0.39 is 6.09 Å². The van der Waals surface area contributed by atoms with Crippen molar-refractivity contribution in [3.05, 3.63) is 81.6 Å². The van der Waals surface area contributed by atoms with Crippen LogP contribution in [0.25, 0.3) is 11.8 Å². The van der Waals surface area contributed by atoms with E-state index >= 15 is 0 Å².